The van der Waals surface area contributed by atoms with Gasteiger partial charge >= 0.3 is 0 Å². The van der Waals surface area contributed by atoms with E-state index in [4.69, 9.17) is 4.74 Å². The lowest BCUT2D eigenvalue weighted by molar-refractivity contribution is 0.102. The SMILES string of the molecule is CNc1nccc(NC2CC3CCC2O3)n1. The van der Waals surface area contributed by atoms with Gasteiger partial charge in [-0.1, -0.05) is 0 Å². The van der Waals surface area contributed by atoms with Crippen LogP contribution in [0.2, 0.25) is 0 Å². The van der Waals surface area contributed by atoms with Crippen LogP contribution < -0.4 is 10.6 Å². The molecule has 5 nitrogen and oxygen atoms in total. The number of fused-ring (bicyclic) bond motifs is 2. The minimum atomic E-state index is 0.373. The second-order valence-electron chi connectivity index (χ2n) is 4.38. The van der Waals surface area contributed by atoms with Crippen LogP contribution in [0.15, 0.2) is 12.3 Å². The van der Waals surface area contributed by atoms with E-state index in [1.165, 1.54) is 12.8 Å². The molecule has 2 fully saturated rings. The first kappa shape index (κ1) is 9.84. The smallest absolute Gasteiger partial charge is 0.224 e. The molecule has 86 valence electrons. The normalized spacial score (nSPS) is 31.7. The number of hydrogen-bond acceptors (Lipinski definition) is 5. The van der Waals surface area contributed by atoms with Crippen LogP contribution in [0.4, 0.5) is 11.8 Å². The molecule has 0 radical (unpaired) electrons. The number of nitrogens with one attached hydrogen (secondary N) is 2. The van der Waals surface area contributed by atoms with Crippen LogP contribution >= 0.6 is 0 Å². The predicted molar refractivity (Wildman–Crippen MR) is 61.5 cm³/mol. The highest BCUT2D eigenvalue weighted by molar-refractivity contribution is 5.40. The molecule has 3 unspecified atom stereocenters. The molecule has 16 heavy (non-hydrogen) atoms. The van der Waals surface area contributed by atoms with E-state index in [1.807, 2.05) is 13.1 Å². The summed E-state index contributed by atoms with van der Waals surface area (Å²) in [7, 11) is 1.82. The van der Waals surface area contributed by atoms with E-state index in [0.717, 1.165) is 12.2 Å². The van der Waals surface area contributed by atoms with Gasteiger partial charge in [-0.15, -0.1) is 0 Å². The fourth-order valence-electron chi connectivity index (χ4n) is 2.54. The fraction of sp³-hybridized carbons (Fsp3) is 0.636. The first-order valence-electron chi connectivity index (χ1n) is 5.78. The van der Waals surface area contributed by atoms with Gasteiger partial charge in [0.15, 0.2) is 0 Å². The first-order valence-corrected chi connectivity index (χ1v) is 5.78. The van der Waals surface area contributed by atoms with Crippen LogP contribution in [0, 0.1) is 0 Å². The van der Waals surface area contributed by atoms with Crippen molar-refractivity contribution in [3.05, 3.63) is 12.3 Å². The maximum atomic E-state index is 5.79. The average molecular weight is 220 g/mol. The number of ether oxygens (including phenoxy) is 1. The molecule has 2 aliphatic rings. The molecular weight excluding hydrogens is 204 g/mol. The van der Waals surface area contributed by atoms with Gasteiger partial charge in [-0.2, -0.15) is 4.98 Å². The number of nitrogens with zero attached hydrogens (tertiary/aromatic N) is 2. The molecule has 2 saturated heterocycles. The van der Waals surface area contributed by atoms with Crippen LogP contribution in [-0.4, -0.2) is 35.3 Å². The van der Waals surface area contributed by atoms with E-state index in [0.29, 0.717) is 24.2 Å². The van der Waals surface area contributed by atoms with Gasteiger partial charge in [-0.3, -0.25) is 0 Å². The average Bonchev–Trinajstić information content (AvgIpc) is 2.91. The number of rotatable bonds is 3. The second kappa shape index (κ2) is 3.90. The molecule has 2 N–H and O–H groups in total. The molecule has 3 rings (SSSR count). The Labute approximate surface area is 94.6 Å². The summed E-state index contributed by atoms with van der Waals surface area (Å²) in [5.41, 5.74) is 0. The zero-order chi connectivity index (χ0) is 11.0. The van der Waals surface area contributed by atoms with Crippen molar-refractivity contribution in [2.45, 2.75) is 37.5 Å². The lowest BCUT2D eigenvalue weighted by Gasteiger charge is -2.20. The molecule has 5 heteroatoms. The largest absolute Gasteiger partial charge is 0.373 e. The number of aromatic nitrogens is 2. The molecule has 3 heterocycles. The van der Waals surface area contributed by atoms with Crippen LogP contribution in [0.3, 0.4) is 0 Å². The molecular formula is C11H16N4O. The summed E-state index contributed by atoms with van der Waals surface area (Å²) in [6, 6.07) is 2.31. The zero-order valence-electron chi connectivity index (χ0n) is 9.31. The summed E-state index contributed by atoms with van der Waals surface area (Å²) in [5.74, 6) is 1.52. The van der Waals surface area contributed by atoms with Gasteiger partial charge in [0.25, 0.3) is 0 Å². The maximum absolute atomic E-state index is 5.79. The van der Waals surface area contributed by atoms with Gasteiger partial charge in [0.1, 0.15) is 5.82 Å². The van der Waals surface area contributed by atoms with E-state index in [9.17, 15) is 0 Å². The Morgan fingerprint density at radius 3 is 3.06 bits per heavy atom. The lowest BCUT2D eigenvalue weighted by Crippen LogP contribution is -2.30. The topological polar surface area (TPSA) is 59.1 Å². The van der Waals surface area contributed by atoms with E-state index < -0.39 is 0 Å². The first-order chi connectivity index (χ1) is 7.85. The van der Waals surface area contributed by atoms with Crippen molar-refractivity contribution in [2.75, 3.05) is 17.7 Å². The zero-order valence-corrected chi connectivity index (χ0v) is 9.31. The van der Waals surface area contributed by atoms with Crippen LogP contribution in [-0.2, 0) is 4.74 Å². The molecule has 1 aromatic rings. The third kappa shape index (κ3) is 1.71. The van der Waals surface area contributed by atoms with E-state index in [2.05, 4.69) is 20.6 Å². The predicted octanol–water partition coefficient (Wildman–Crippen LogP) is 1.25. The molecule has 2 aliphatic heterocycles. The minimum Gasteiger partial charge on any atom is -0.373 e. The summed E-state index contributed by atoms with van der Waals surface area (Å²) in [5, 5.41) is 6.36. The second-order valence-corrected chi connectivity index (χ2v) is 4.38. The molecule has 2 bridgehead atoms. The molecule has 0 saturated carbocycles. The fourth-order valence-corrected chi connectivity index (χ4v) is 2.54. The molecule has 1 aromatic heterocycles. The van der Waals surface area contributed by atoms with Gasteiger partial charge in [0, 0.05) is 13.2 Å². The van der Waals surface area contributed by atoms with Crippen molar-refractivity contribution in [3.8, 4) is 0 Å². The van der Waals surface area contributed by atoms with Gasteiger partial charge in [-0.25, -0.2) is 4.98 Å². The molecule has 3 atom stereocenters. The Morgan fingerprint density at radius 1 is 1.44 bits per heavy atom. The highest BCUT2D eigenvalue weighted by atomic mass is 16.5. The van der Waals surface area contributed by atoms with Gasteiger partial charge in [0.2, 0.25) is 5.95 Å². The van der Waals surface area contributed by atoms with Crippen molar-refractivity contribution in [2.24, 2.45) is 0 Å². The lowest BCUT2D eigenvalue weighted by atomic mass is 9.95. The Morgan fingerprint density at radius 2 is 2.38 bits per heavy atom. The van der Waals surface area contributed by atoms with Crippen molar-refractivity contribution < 1.29 is 4.74 Å². The van der Waals surface area contributed by atoms with Crippen LogP contribution in [0.1, 0.15) is 19.3 Å². The van der Waals surface area contributed by atoms with E-state index in [-0.39, 0.29) is 0 Å². The van der Waals surface area contributed by atoms with Crippen molar-refractivity contribution >= 4 is 11.8 Å². The number of anilines is 2. The van der Waals surface area contributed by atoms with Crippen LogP contribution in [0.5, 0.6) is 0 Å². The number of hydrogen-bond donors (Lipinski definition) is 2. The molecule has 0 spiro atoms. The van der Waals surface area contributed by atoms with Crippen molar-refractivity contribution in [3.63, 3.8) is 0 Å². The molecule has 0 amide bonds. The standard InChI is InChI=1S/C11H16N4O/c1-12-11-13-5-4-10(15-11)14-8-6-7-2-3-9(8)16-7/h4-5,7-9H,2-3,6H2,1H3,(H2,12,13,14,15). The highest BCUT2D eigenvalue weighted by Crippen LogP contribution is 2.35. The Hall–Kier alpha value is -1.36. The molecule has 0 aromatic carbocycles. The highest BCUT2D eigenvalue weighted by Gasteiger charge is 2.40. The molecule has 0 aliphatic carbocycles. The summed E-state index contributed by atoms with van der Waals surface area (Å²) in [6.07, 6.45) is 6.09. The third-order valence-corrected chi connectivity index (χ3v) is 3.32. The summed E-state index contributed by atoms with van der Waals surface area (Å²) in [4.78, 5) is 8.44. The van der Waals surface area contributed by atoms with Crippen LogP contribution in [0.25, 0.3) is 0 Å². The van der Waals surface area contributed by atoms with Gasteiger partial charge in [0.05, 0.1) is 18.2 Å². The van der Waals surface area contributed by atoms with E-state index >= 15 is 0 Å². The van der Waals surface area contributed by atoms with Crippen molar-refractivity contribution in [1.29, 1.82) is 0 Å². The minimum absolute atomic E-state index is 0.373. The Kier molecular flexibility index (Phi) is 2.40. The summed E-state index contributed by atoms with van der Waals surface area (Å²) >= 11 is 0. The Balaban J connectivity index is 1.69. The van der Waals surface area contributed by atoms with Crippen molar-refractivity contribution in [1.82, 2.24) is 9.97 Å². The maximum Gasteiger partial charge on any atom is 0.224 e. The summed E-state index contributed by atoms with van der Waals surface area (Å²) in [6.45, 7) is 0. The van der Waals surface area contributed by atoms with Gasteiger partial charge < -0.3 is 15.4 Å². The summed E-state index contributed by atoms with van der Waals surface area (Å²) < 4.78 is 5.79. The van der Waals surface area contributed by atoms with Gasteiger partial charge in [-0.05, 0) is 25.3 Å². The quantitative estimate of drug-likeness (QED) is 0.802. The monoisotopic (exact) mass is 220 g/mol. The Bertz CT molecular complexity index is 384. The van der Waals surface area contributed by atoms with E-state index in [1.54, 1.807) is 6.20 Å². The third-order valence-electron chi connectivity index (χ3n) is 3.32.